The number of rotatable bonds is 1. The Morgan fingerprint density at radius 1 is 1.33 bits per heavy atom. The molecule has 0 saturated carbocycles. The van der Waals surface area contributed by atoms with Gasteiger partial charge in [0, 0.05) is 9.77 Å². The number of halogens is 7. The minimum absolute atomic E-state index is 0.226. The first kappa shape index (κ1) is 13.1. The van der Waals surface area contributed by atoms with Gasteiger partial charge in [0.1, 0.15) is 5.69 Å². The van der Waals surface area contributed by atoms with Crippen LogP contribution in [0, 0.1) is 3.57 Å². The molecular weight excluding hydrogens is 400 g/mol. The van der Waals surface area contributed by atoms with E-state index in [4.69, 9.17) is 0 Å². The van der Waals surface area contributed by atoms with Gasteiger partial charge in [-0.25, -0.2) is 8.78 Å². The molecule has 0 radical (unpaired) electrons. The van der Waals surface area contributed by atoms with Gasteiger partial charge in [0.2, 0.25) is 0 Å². The SMILES string of the molecule is FC(F)c1ncc(I)c(C(F)(F)F)c1Br. The summed E-state index contributed by atoms with van der Waals surface area (Å²) >= 11 is 3.90. The standard InChI is InChI=1S/C7H2BrF5IN/c8-4-3(7(11,12)13)2(14)1-15-5(4)6(9)10/h1,6H. The maximum atomic E-state index is 12.4. The summed E-state index contributed by atoms with van der Waals surface area (Å²) in [6, 6.07) is 0. The number of nitrogens with zero attached hydrogens (tertiary/aromatic N) is 1. The third kappa shape index (κ3) is 2.77. The molecule has 0 N–H and O–H groups in total. The molecule has 0 atom stereocenters. The largest absolute Gasteiger partial charge is 0.418 e. The van der Waals surface area contributed by atoms with Crippen LogP contribution in [0.25, 0.3) is 0 Å². The molecule has 0 bridgehead atoms. The Morgan fingerprint density at radius 2 is 1.87 bits per heavy atom. The molecule has 15 heavy (non-hydrogen) atoms. The van der Waals surface area contributed by atoms with Crippen LogP contribution in [-0.4, -0.2) is 4.98 Å². The van der Waals surface area contributed by atoms with Crippen molar-refractivity contribution >= 4 is 38.5 Å². The van der Waals surface area contributed by atoms with E-state index in [1.54, 1.807) is 0 Å². The molecule has 1 aromatic heterocycles. The van der Waals surface area contributed by atoms with E-state index in [-0.39, 0.29) is 3.57 Å². The maximum absolute atomic E-state index is 12.4. The molecule has 1 aromatic rings. The number of alkyl halides is 5. The average Bonchev–Trinajstić information content (AvgIpc) is 2.00. The van der Waals surface area contributed by atoms with Crippen LogP contribution in [0.15, 0.2) is 10.7 Å². The van der Waals surface area contributed by atoms with E-state index in [1.807, 2.05) is 0 Å². The number of pyridine rings is 1. The first-order chi connectivity index (χ1) is 6.75. The summed E-state index contributed by atoms with van der Waals surface area (Å²) in [5.41, 5.74) is -2.02. The lowest BCUT2D eigenvalue weighted by Gasteiger charge is -2.13. The normalized spacial score (nSPS) is 12.3. The lowest BCUT2D eigenvalue weighted by atomic mass is 10.2. The van der Waals surface area contributed by atoms with E-state index in [0.717, 1.165) is 6.20 Å². The Labute approximate surface area is 103 Å². The molecule has 0 amide bonds. The average molecular weight is 402 g/mol. The summed E-state index contributed by atoms with van der Waals surface area (Å²) in [4.78, 5) is 3.25. The monoisotopic (exact) mass is 401 g/mol. The van der Waals surface area contributed by atoms with E-state index in [0.29, 0.717) is 0 Å². The lowest BCUT2D eigenvalue weighted by Crippen LogP contribution is -2.11. The summed E-state index contributed by atoms with van der Waals surface area (Å²) in [5, 5.41) is 0. The molecule has 0 aliphatic rings. The van der Waals surface area contributed by atoms with Crippen LogP contribution in [0.2, 0.25) is 0 Å². The van der Waals surface area contributed by atoms with Gasteiger partial charge >= 0.3 is 6.18 Å². The van der Waals surface area contributed by atoms with Crippen molar-refractivity contribution in [3.05, 3.63) is 25.5 Å². The second-order valence-corrected chi connectivity index (χ2v) is 4.43. The van der Waals surface area contributed by atoms with E-state index >= 15 is 0 Å². The van der Waals surface area contributed by atoms with Gasteiger partial charge in [-0.05, 0) is 38.5 Å². The topological polar surface area (TPSA) is 12.9 Å². The highest BCUT2D eigenvalue weighted by molar-refractivity contribution is 14.1. The van der Waals surface area contributed by atoms with Crippen molar-refractivity contribution in [1.29, 1.82) is 0 Å². The molecule has 84 valence electrons. The fourth-order valence-corrected chi connectivity index (χ4v) is 2.69. The van der Waals surface area contributed by atoms with Gasteiger partial charge in [0.05, 0.1) is 10.0 Å². The summed E-state index contributed by atoms with van der Waals surface area (Å²) in [7, 11) is 0. The van der Waals surface area contributed by atoms with Crippen molar-refractivity contribution in [1.82, 2.24) is 4.98 Å². The van der Waals surface area contributed by atoms with Crippen molar-refractivity contribution in [2.24, 2.45) is 0 Å². The molecule has 0 unspecified atom stereocenters. The zero-order valence-electron chi connectivity index (χ0n) is 6.75. The molecule has 1 heterocycles. The van der Waals surface area contributed by atoms with Crippen LogP contribution in [0.4, 0.5) is 22.0 Å². The number of hydrogen-bond donors (Lipinski definition) is 0. The Hall–Kier alpha value is 0.01000. The highest BCUT2D eigenvalue weighted by Gasteiger charge is 2.37. The van der Waals surface area contributed by atoms with Crippen molar-refractivity contribution in [3.63, 3.8) is 0 Å². The second kappa shape index (κ2) is 4.48. The molecule has 1 rings (SSSR count). The van der Waals surface area contributed by atoms with Crippen LogP contribution in [-0.2, 0) is 6.18 Å². The highest BCUT2D eigenvalue weighted by atomic mass is 127. The van der Waals surface area contributed by atoms with Crippen LogP contribution in [0.5, 0.6) is 0 Å². The molecular formula is C7H2BrF5IN. The second-order valence-electron chi connectivity index (χ2n) is 2.48. The van der Waals surface area contributed by atoms with Crippen LogP contribution in [0.3, 0.4) is 0 Å². The minimum Gasteiger partial charge on any atom is -0.253 e. The van der Waals surface area contributed by atoms with Crippen molar-refractivity contribution in [2.75, 3.05) is 0 Å². The summed E-state index contributed by atoms with van der Waals surface area (Å²) in [6.07, 6.45) is -6.95. The first-order valence-electron chi connectivity index (χ1n) is 3.44. The van der Waals surface area contributed by atoms with E-state index in [9.17, 15) is 22.0 Å². The lowest BCUT2D eigenvalue weighted by molar-refractivity contribution is -0.139. The third-order valence-electron chi connectivity index (χ3n) is 1.49. The predicted octanol–water partition coefficient (Wildman–Crippen LogP) is 4.41. The van der Waals surface area contributed by atoms with Gasteiger partial charge in [-0.2, -0.15) is 13.2 Å². The Kier molecular flexibility index (Phi) is 3.90. The maximum Gasteiger partial charge on any atom is 0.418 e. The van der Waals surface area contributed by atoms with Crippen molar-refractivity contribution in [3.8, 4) is 0 Å². The number of hydrogen-bond acceptors (Lipinski definition) is 1. The van der Waals surface area contributed by atoms with Crippen LogP contribution >= 0.6 is 38.5 Å². The predicted molar refractivity (Wildman–Crippen MR) is 54.6 cm³/mol. The molecule has 8 heteroatoms. The zero-order chi connectivity index (χ0) is 11.8. The van der Waals surface area contributed by atoms with E-state index < -0.39 is 28.3 Å². The molecule has 0 aromatic carbocycles. The first-order valence-corrected chi connectivity index (χ1v) is 5.31. The van der Waals surface area contributed by atoms with Crippen LogP contribution in [0.1, 0.15) is 17.7 Å². The fraction of sp³-hybridized carbons (Fsp3) is 0.286. The molecule has 0 fully saturated rings. The van der Waals surface area contributed by atoms with Gasteiger partial charge in [0.25, 0.3) is 6.43 Å². The highest BCUT2D eigenvalue weighted by Crippen LogP contribution is 2.40. The fourth-order valence-electron chi connectivity index (χ4n) is 0.892. The van der Waals surface area contributed by atoms with Gasteiger partial charge in [0.15, 0.2) is 0 Å². The van der Waals surface area contributed by atoms with Crippen LogP contribution < -0.4 is 0 Å². The zero-order valence-corrected chi connectivity index (χ0v) is 10.5. The number of aromatic nitrogens is 1. The van der Waals surface area contributed by atoms with Crippen molar-refractivity contribution < 1.29 is 22.0 Å². The smallest absolute Gasteiger partial charge is 0.253 e. The Bertz CT molecular complexity index is 378. The summed E-state index contributed by atoms with van der Waals surface area (Å²) in [6.45, 7) is 0. The molecule has 0 spiro atoms. The van der Waals surface area contributed by atoms with E-state index in [2.05, 4.69) is 20.9 Å². The van der Waals surface area contributed by atoms with Gasteiger partial charge < -0.3 is 0 Å². The molecule has 0 aliphatic carbocycles. The minimum atomic E-state index is -4.68. The molecule has 0 saturated heterocycles. The summed E-state index contributed by atoms with van der Waals surface area (Å²) < 4.78 is 60.9. The Morgan fingerprint density at radius 3 is 2.27 bits per heavy atom. The Balaban J connectivity index is 3.44. The van der Waals surface area contributed by atoms with Crippen molar-refractivity contribution in [2.45, 2.75) is 12.6 Å². The summed E-state index contributed by atoms with van der Waals surface area (Å²) in [5.74, 6) is 0. The van der Waals surface area contributed by atoms with Gasteiger partial charge in [-0.3, -0.25) is 4.98 Å². The third-order valence-corrected chi connectivity index (χ3v) is 3.11. The van der Waals surface area contributed by atoms with E-state index in [1.165, 1.54) is 22.6 Å². The molecule has 1 nitrogen and oxygen atoms in total. The quantitative estimate of drug-likeness (QED) is 0.502. The van der Waals surface area contributed by atoms with Gasteiger partial charge in [-0.15, -0.1) is 0 Å². The molecule has 0 aliphatic heterocycles. The van der Waals surface area contributed by atoms with Gasteiger partial charge in [-0.1, -0.05) is 0 Å².